The molecule has 1 aliphatic rings. The summed E-state index contributed by atoms with van der Waals surface area (Å²) in [7, 11) is 0. The monoisotopic (exact) mass is 312 g/mol. The van der Waals surface area contributed by atoms with Gasteiger partial charge in [-0.25, -0.2) is 0 Å². The van der Waals surface area contributed by atoms with E-state index >= 15 is 0 Å². The van der Waals surface area contributed by atoms with Crippen molar-refractivity contribution >= 4 is 17.8 Å². The number of nitrogens with one attached hydrogen (secondary N) is 2. The van der Waals surface area contributed by atoms with Crippen molar-refractivity contribution in [1.29, 1.82) is 0 Å². The molecule has 0 saturated heterocycles. The molecule has 0 spiro atoms. The molecule has 0 aromatic rings. The van der Waals surface area contributed by atoms with Crippen LogP contribution in [0.5, 0.6) is 0 Å². The van der Waals surface area contributed by atoms with Crippen LogP contribution in [0.15, 0.2) is 0 Å². The summed E-state index contributed by atoms with van der Waals surface area (Å²) in [6, 6.07) is -0.180. The van der Waals surface area contributed by atoms with Gasteiger partial charge in [0, 0.05) is 24.9 Å². The number of hydrogen-bond acceptors (Lipinski definition) is 3. The zero-order valence-corrected chi connectivity index (χ0v) is 13.6. The lowest BCUT2D eigenvalue weighted by molar-refractivity contribution is -0.143. The molecule has 0 aromatic heterocycles. The highest BCUT2D eigenvalue weighted by atomic mass is 16.4. The van der Waals surface area contributed by atoms with Gasteiger partial charge in [-0.1, -0.05) is 19.3 Å². The highest BCUT2D eigenvalue weighted by Crippen LogP contribution is 2.24. The highest BCUT2D eigenvalue weighted by Gasteiger charge is 2.30. The molecule has 0 aromatic carbocycles. The van der Waals surface area contributed by atoms with Gasteiger partial charge in [-0.15, -0.1) is 0 Å². The molecule has 0 heterocycles. The molecule has 3 N–H and O–H groups in total. The van der Waals surface area contributed by atoms with Crippen molar-refractivity contribution in [3.63, 3.8) is 0 Å². The third kappa shape index (κ3) is 6.91. The maximum Gasteiger partial charge on any atom is 0.308 e. The molecule has 6 nitrogen and oxygen atoms in total. The average molecular weight is 312 g/mol. The summed E-state index contributed by atoms with van der Waals surface area (Å²) in [5.74, 6) is -1.53. The topological polar surface area (TPSA) is 95.5 Å². The van der Waals surface area contributed by atoms with Crippen molar-refractivity contribution in [1.82, 2.24) is 10.6 Å². The van der Waals surface area contributed by atoms with Crippen LogP contribution in [-0.2, 0) is 14.4 Å². The second kappa shape index (κ2) is 9.43. The zero-order valence-electron chi connectivity index (χ0n) is 13.6. The SMILES string of the molecule is CC(C)NC(=O)CCCC(=O)N[C@H]1CCCCC[C@H]1C(=O)O. The van der Waals surface area contributed by atoms with Crippen molar-refractivity contribution in [2.24, 2.45) is 5.92 Å². The number of aliphatic carboxylic acids is 1. The first-order valence-corrected chi connectivity index (χ1v) is 8.21. The number of carboxylic acid groups (broad SMARTS) is 1. The van der Waals surface area contributed by atoms with E-state index in [2.05, 4.69) is 10.6 Å². The molecule has 1 rings (SSSR count). The Hall–Kier alpha value is -1.59. The second-order valence-corrected chi connectivity index (χ2v) is 6.33. The predicted octanol–water partition coefficient (Wildman–Crippen LogP) is 1.83. The van der Waals surface area contributed by atoms with E-state index in [0.29, 0.717) is 19.3 Å². The molecule has 1 saturated carbocycles. The highest BCUT2D eigenvalue weighted by molar-refractivity contribution is 5.80. The third-order valence-electron chi connectivity index (χ3n) is 3.94. The third-order valence-corrected chi connectivity index (χ3v) is 3.94. The summed E-state index contributed by atoms with van der Waals surface area (Å²) in [5, 5.41) is 14.9. The Morgan fingerprint density at radius 2 is 1.68 bits per heavy atom. The van der Waals surface area contributed by atoms with Crippen LogP contribution in [0.2, 0.25) is 0 Å². The Labute approximate surface area is 132 Å². The molecular formula is C16H28N2O4. The minimum Gasteiger partial charge on any atom is -0.481 e. The first-order chi connectivity index (χ1) is 10.4. The Morgan fingerprint density at radius 1 is 1.05 bits per heavy atom. The van der Waals surface area contributed by atoms with Crippen LogP contribution in [0.1, 0.15) is 65.2 Å². The number of carbonyl (C=O) groups excluding carboxylic acids is 2. The van der Waals surface area contributed by atoms with Gasteiger partial charge in [0.15, 0.2) is 0 Å². The van der Waals surface area contributed by atoms with E-state index in [1.807, 2.05) is 13.8 Å². The summed E-state index contributed by atoms with van der Waals surface area (Å²) >= 11 is 0. The molecule has 0 radical (unpaired) electrons. The molecule has 1 fully saturated rings. The second-order valence-electron chi connectivity index (χ2n) is 6.33. The fraction of sp³-hybridized carbons (Fsp3) is 0.812. The standard InChI is InChI=1S/C16H28N2O4/c1-11(2)17-14(19)9-6-10-15(20)18-13-8-5-3-4-7-12(13)16(21)22/h11-13H,3-10H2,1-2H3,(H,17,19)(H,18,20)(H,21,22)/t12-,13+/m1/s1. The van der Waals surface area contributed by atoms with Crippen LogP contribution in [0, 0.1) is 5.92 Å². The Bertz CT molecular complexity index is 396. The van der Waals surface area contributed by atoms with Gasteiger partial charge in [0.25, 0.3) is 0 Å². The van der Waals surface area contributed by atoms with Gasteiger partial charge in [0.1, 0.15) is 0 Å². The molecular weight excluding hydrogens is 284 g/mol. The number of carbonyl (C=O) groups is 3. The van der Waals surface area contributed by atoms with Crippen molar-refractivity contribution in [2.45, 2.75) is 77.3 Å². The van der Waals surface area contributed by atoms with Gasteiger partial charge >= 0.3 is 5.97 Å². The van der Waals surface area contributed by atoms with Crippen LogP contribution < -0.4 is 10.6 Å². The van der Waals surface area contributed by atoms with Gasteiger partial charge in [-0.2, -0.15) is 0 Å². The summed E-state index contributed by atoms with van der Waals surface area (Å²) in [4.78, 5) is 34.8. The lowest BCUT2D eigenvalue weighted by Gasteiger charge is -2.22. The minimum absolute atomic E-state index is 0.0549. The number of hydrogen-bond donors (Lipinski definition) is 3. The minimum atomic E-state index is -0.830. The smallest absolute Gasteiger partial charge is 0.308 e. The van der Waals surface area contributed by atoms with Crippen molar-refractivity contribution in [3.05, 3.63) is 0 Å². The predicted molar refractivity (Wildman–Crippen MR) is 83.3 cm³/mol. The van der Waals surface area contributed by atoms with Crippen LogP contribution in [0.3, 0.4) is 0 Å². The Kier molecular flexibility index (Phi) is 7.91. The van der Waals surface area contributed by atoms with E-state index in [1.54, 1.807) is 0 Å². The molecule has 2 amide bonds. The summed E-state index contributed by atoms with van der Waals surface area (Å²) < 4.78 is 0. The van der Waals surface area contributed by atoms with Crippen LogP contribution in [0.25, 0.3) is 0 Å². The van der Waals surface area contributed by atoms with Crippen molar-refractivity contribution < 1.29 is 19.5 Å². The molecule has 0 aliphatic heterocycles. The quantitative estimate of drug-likeness (QED) is 0.625. The largest absolute Gasteiger partial charge is 0.481 e. The first kappa shape index (κ1) is 18.5. The van der Waals surface area contributed by atoms with Gasteiger partial charge in [0.05, 0.1) is 5.92 Å². The fourth-order valence-electron chi connectivity index (χ4n) is 2.86. The summed E-state index contributed by atoms with van der Waals surface area (Å²) in [5.41, 5.74) is 0. The number of amides is 2. The molecule has 1 aliphatic carbocycles. The molecule has 6 heteroatoms. The lowest BCUT2D eigenvalue weighted by atomic mass is 9.94. The Balaban J connectivity index is 2.36. The zero-order chi connectivity index (χ0) is 16.5. The normalized spacial score (nSPS) is 22.0. The fourth-order valence-corrected chi connectivity index (χ4v) is 2.86. The van der Waals surface area contributed by atoms with E-state index in [4.69, 9.17) is 0 Å². The Morgan fingerprint density at radius 3 is 2.32 bits per heavy atom. The molecule has 0 unspecified atom stereocenters. The first-order valence-electron chi connectivity index (χ1n) is 8.21. The van der Waals surface area contributed by atoms with Gasteiger partial charge in [-0.05, 0) is 33.1 Å². The van der Waals surface area contributed by atoms with Crippen LogP contribution in [0.4, 0.5) is 0 Å². The van der Waals surface area contributed by atoms with Gasteiger partial charge < -0.3 is 15.7 Å². The maximum absolute atomic E-state index is 12.0. The molecule has 22 heavy (non-hydrogen) atoms. The van der Waals surface area contributed by atoms with E-state index in [1.165, 1.54) is 0 Å². The van der Waals surface area contributed by atoms with Crippen LogP contribution in [-0.4, -0.2) is 35.0 Å². The summed E-state index contributed by atoms with van der Waals surface area (Å²) in [6.07, 6.45) is 5.27. The van der Waals surface area contributed by atoms with E-state index in [0.717, 1.165) is 25.7 Å². The summed E-state index contributed by atoms with van der Waals surface area (Å²) in [6.45, 7) is 3.78. The molecule has 0 bridgehead atoms. The van der Waals surface area contributed by atoms with E-state index in [-0.39, 0.29) is 30.3 Å². The molecule has 2 atom stereocenters. The molecule has 126 valence electrons. The van der Waals surface area contributed by atoms with Crippen molar-refractivity contribution in [3.8, 4) is 0 Å². The number of carboxylic acids is 1. The van der Waals surface area contributed by atoms with Crippen molar-refractivity contribution in [2.75, 3.05) is 0 Å². The maximum atomic E-state index is 12.0. The van der Waals surface area contributed by atoms with Gasteiger partial charge in [-0.3, -0.25) is 14.4 Å². The van der Waals surface area contributed by atoms with Crippen LogP contribution >= 0.6 is 0 Å². The van der Waals surface area contributed by atoms with Gasteiger partial charge in [0.2, 0.25) is 11.8 Å². The lowest BCUT2D eigenvalue weighted by Crippen LogP contribution is -2.42. The number of rotatable bonds is 7. The van der Waals surface area contributed by atoms with E-state index in [9.17, 15) is 19.5 Å². The van der Waals surface area contributed by atoms with E-state index < -0.39 is 11.9 Å². The average Bonchev–Trinajstić information content (AvgIpc) is 2.63.